The molecule has 1 heterocycles. The highest BCUT2D eigenvalue weighted by Crippen LogP contribution is 2.39. The molecule has 0 radical (unpaired) electrons. The molecule has 1 aliphatic rings. The molecule has 1 saturated heterocycles. The predicted octanol–water partition coefficient (Wildman–Crippen LogP) is 3.64. The van der Waals surface area contributed by atoms with Gasteiger partial charge in [0.2, 0.25) is 0 Å². The fraction of sp³-hybridized carbons (Fsp3) is 0.500. The highest BCUT2D eigenvalue weighted by Gasteiger charge is 2.45. The Morgan fingerprint density at radius 2 is 1.94 bits per heavy atom. The van der Waals surface area contributed by atoms with Gasteiger partial charge in [-0.05, 0) is 38.6 Å². The van der Waals surface area contributed by atoms with Gasteiger partial charge in [0.25, 0.3) is 5.92 Å². The number of hydrogen-bond donors (Lipinski definition) is 0. The summed E-state index contributed by atoms with van der Waals surface area (Å²) in [6.07, 6.45) is 1.42. The summed E-state index contributed by atoms with van der Waals surface area (Å²) in [5.74, 6) is -2.76. The highest BCUT2D eigenvalue weighted by molar-refractivity contribution is 9.10. The van der Waals surface area contributed by atoms with Gasteiger partial charge in [0.15, 0.2) is 0 Å². The molecule has 1 fully saturated rings. The molecular formula is C12H14BrF2N. The zero-order valence-electron chi connectivity index (χ0n) is 9.09. The molecule has 1 aromatic rings. The lowest BCUT2D eigenvalue weighted by atomic mass is 9.99. The van der Waals surface area contributed by atoms with E-state index >= 15 is 0 Å². The van der Waals surface area contributed by atoms with Crippen molar-refractivity contribution in [1.82, 2.24) is 4.90 Å². The van der Waals surface area contributed by atoms with Gasteiger partial charge in [-0.3, -0.25) is 4.90 Å². The SMILES string of the molecule is CN1CCCC1C(F)(F)c1ccc(Br)cc1. The fourth-order valence-corrected chi connectivity index (χ4v) is 2.50. The second-order valence-electron chi connectivity index (χ2n) is 4.27. The van der Waals surface area contributed by atoms with Gasteiger partial charge in [-0.1, -0.05) is 28.1 Å². The Hall–Kier alpha value is -0.480. The third kappa shape index (κ3) is 2.13. The molecule has 88 valence electrons. The molecule has 4 heteroatoms. The topological polar surface area (TPSA) is 3.24 Å². The van der Waals surface area contributed by atoms with Crippen molar-refractivity contribution in [3.8, 4) is 0 Å². The van der Waals surface area contributed by atoms with Crippen molar-refractivity contribution < 1.29 is 8.78 Å². The molecule has 0 spiro atoms. The molecule has 1 nitrogen and oxygen atoms in total. The minimum Gasteiger partial charge on any atom is -0.298 e. The summed E-state index contributed by atoms with van der Waals surface area (Å²) in [6, 6.07) is 5.66. The van der Waals surface area contributed by atoms with Gasteiger partial charge < -0.3 is 0 Å². The molecule has 1 atom stereocenters. The smallest absolute Gasteiger partial charge is 0.288 e. The molecule has 0 N–H and O–H groups in total. The summed E-state index contributed by atoms with van der Waals surface area (Å²) in [4.78, 5) is 1.75. The number of likely N-dealkylation sites (N-methyl/N-ethyl adjacent to an activating group) is 1. The van der Waals surface area contributed by atoms with Gasteiger partial charge in [0, 0.05) is 10.0 Å². The number of rotatable bonds is 2. The number of hydrogen-bond acceptors (Lipinski definition) is 1. The summed E-state index contributed by atoms with van der Waals surface area (Å²) in [6.45, 7) is 0.761. The van der Waals surface area contributed by atoms with Crippen molar-refractivity contribution in [3.63, 3.8) is 0 Å². The minimum atomic E-state index is -2.76. The maximum absolute atomic E-state index is 14.2. The van der Waals surface area contributed by atoms with E-state index in [9.17, 15) is 8.78 Å². The minimum absolute atomic E-state index is 0.106. The third-order valence-corrected chi connectivity index (χ3v) is 3.70. The van der Waals surface area contributed by atoms with Crippen molar-refractivity contribution in [2.75, 3.05) is 13.6 Å². The Kier molecular flexibility index (Phi) is 3.31. The molecule has 0 saturated carbocycles. The standard InChI is InChI=1S/C12H14BrF2N/c1-16-8-2-3-11(16)12(14,15)9-4-6-10(13)7-5-9/h4-7,11H,2-3,8H2,1H3. The van der Waals surface area contributed by atoms with Gasteiger partial charge in [0.05, 0.1) is 6.04 Å². The van der Waals surface area contributed by atoms with E-state index in [2.05, 4.69) is 15.9 Å². The quantitative estimate of drug-likeness (QED) is 0.804. The first-order valence-electron chi connectivity index (χ1n) is 5.36. The molecule has 0 aromatic heterocycles. The fourth-order valence-electron chi connectivity index (χ4n) is 2.23. The summed E-state index contributed by atoms with van der Waals surface area (Å²) in [7, 11) is 1.77. The molecule has 16 heavy (non-hydrogen) atoms. The van der Waals surface area contributed by atoms with Crippen LogP contribution in [0, 0.1) is 0 Å². The van der Waals surface area contributed by atoms with Gasteiger partial charge >= 0.3 is 0 Å². The average molecular weight is 290 g/mol. The first-order valence-corrected chi connectivity index (χ1v) is 6.15. The number of nitrogens with zero attached hydrogens (tertiary/aromatic N) is 1. The Bertz CT molecular complexity index is 364. The van der Waals surface area contributed by atoms with E-state index in [1.807, 2.05) is 0 Å². The molecule has 2 rings (SSSR count). The molecular weight excluding hydrogens is 276 g/mol. The van der Waals surface area contributed by atoms with Crippen LogP contribution < -0.4 is 0 Å². The Balaban J connectivity index is 2.27. The van der Waals surface area contributed by atoms with Crippen LogP contribution in [0.4, 0.5) is 8.78 Å². The third-order valence-electron chi connectivity index (χ3n) is 3.17. The Morgan fingerprint density at radius 3 is 2.44 bits per heavy atom. The lowest BCUT2D eigenvalue weighted by Crippen LogP contribution is -2.39. The van der Waals surface area contributed by atoms with Gasteiger partial charge in [-0.25, -0.2) is 0 Å². The van der Waals surface area contributed by atoms with Crippen molar-refractivity contribution in [3.05, 3.63) is 34.3 Å². The van der Waals surface area contributed by atoms with E-state index in [1.165, 1.54) is 12.1 Å². The van der Waals surface area contributed by atoms with Crippen molar-refractivity contribution in [2.45, 2.75) is 24.8 Å². The molecule has 1 unspecified atom stereocenters. The van der Waals surface area contributed by atoms with Crippen LogP contribution >= 0.6 is 15.9 Å². The average Bonchev–Trinajstić information content (AvgIpc) is 2.66. The predicted molar refractivity (Wildman–Crippen MR) is 63.7 cm³/mol. The summed E-state index contributed by atoms with van der Waals surface area (Å²) in [5.41, 5.74) is 0.106. The monoisotopic (exact) mass is 289 g/mol. The van der Waals surface area contributed by atoms with E-state index < -0.39 is 12.0 Å². The second kappa shape index (κ2) is 4.41. The van der Waals surface area contributed by atoms with E-state index in [4.69, 9.17) is 0 Å². The van der Waals surface area contributed by atoms with Crippen LogP contribution in [0.25, 0.3) is 0 Å². The lowest BCUT2D eigenvalue weighted by Gasteiger charge is -2.29. The number of likely N-dealkylation sites (tertiary alicyclic amines) is 1. The van der Waals surface area contributed by atoms with Crippen LogP contribution in [0.2, 0.25) is 0 Å². The first kappa shape index (κ1) is 12.0. The molecule has 0 bridgehead atoms. The highest BCUT2D eigenvalue weighted by atomic mass is 79.9. The molecule has 0 aliphatic carbocycles. The van der Waals surface area contributed by atoms with Crippen molar-refractivity contribution in [2.24, 2.45) is 0 Å². The molecule has 0 amide bonds. The van der Waals surface area contributed by atoms with Gasteiger partial charge in [0.1, 0.15) is 0 Å². The number of halogens is 3. The van der Waals surface area contributed by atoms with E-state index in [-0.39, 0.29) is 5.56 Å². The number of benzene rings is 1. The van der Waals surface area contributed by atoms with Crippen LogP contribution in [0.5, 0.6) is 0 Å². The zero-order valence-corrected chi connectivity index (χ0v) is 10.7. The van der Waals surface area contributed by atoms with Crippen molar-refractivity contribution in [1.29, 1.82) is 0 Å². The van der Waals surface area contributed by atoms with Gasteiger partial charge in [-0.2, -0.15) is 8.78 Å². The van der Waals surface area contributed by atoms with Gasteiger partial charge in [-0.15, -0.1) is 0 Å². The largest absolute Gasteiger partial charge is 0.298 e. The van der Waals surface area contributed by atoms with E-state index in [0.29, 0.717) is 6.42 Å². The van der Waals surface area contributed by atoms with Crippen LogP contribution in [-0.4, -0.2) is 24.5 Å². The normalized spacial score (nSPS) is 22.6. The maximum Gasteiger partial charge on any atom is 0.288 e. The Labute approximate surface area is 103 Å². The summed E-state index contributed by atoms with van der Waals surface area (Å²) < 4.78 is 29.2. The van der Waals surface area contributed by atoms with Crippen LogP contribution in [0.1, 0.15) is 18.4 Å². The molecule has 1 aromatic carbocycles. The van der Waals surface area contributed by atoms with Crippen LogP contribution in [-0.2, 0) is 5.92 Å². The number of alkyl halides is 2. The van der Waals surface area contributed by atoms with E-state index in [0.717, 1.165) is 17.4 Å². The molecule has 1 aliphatic heterocycles. The van der Waals surface area contributed by atoms with Crippen LogP contribution in [0.15, 0.2) is 28.7 Å². The summed E-state index contributed by atoms with van der Waals surface area (Å²) in [5, 5.41) is 0. The lowest BCUT2D eigenvalue weighted by molar-refractivity contribution is -0.0696. The first-order chi connectivity index (χ1) is 7.51. The maximum atomic E-state index is 14.2. The summed E-state index contributed by atoms with van der Waals surface area (Å²) >= 11 is 3.25. The Morgan fingerprint density at radius 1 is 1.31 bits per heavy atom. The second-order valence-corrected chi connectivity index (χ2v) is 5.18. The van der Waals surface area contributed by atoms with Crippen molar-refractivity contribution >= 4 is 15.9 Å². The zero-order chi connectivity index (χ0) is 11.8. The van der Waals surface area contributed by atoms with Crippen LogP contribution in [0.3, 0.4) is 0 Å². The van der Waals surface area contributed by atoms with E-state index in [1.54, 1.807) is 24.1 Å².